The number of ether oxygens (including phenoxy) is 2. The normalized spacial score (nSPS) is 22.8. The molecule has 1 saturated heterocycles. The number of rotatable bonds is 3. The molecule has 1 N–H and O–H groups in total. The third-order valence-electron chi connectivity index (χ3n) is 7.86. The van der Waals surface area contributed by atoms with E-state index in [0.29, 0.717) is 43.4 Å². The molecule has 4 rings (SSSR count). The van der Waals surface area contributed by atoms with Crippen molar-refractivity contribution in [3.8, 4) is 5.75 Å². The van der Waals surface area contributed by atoms with E-state index in [1.54, 1.807) is 0 Å². The summed E-state index contributed by atoms with van der Waals surface area (Å²) >= 11 is 0. The average Bonchev–Trinajstić information content (AvgIpc) is 3.37. The minimum Gasteiger partial charge on any atom is -0.492 e. The molecule has 3 aliphatic rings. The zero-order chi connectivity index (χ0) is 22.9. The van der Waals surface area contributed by atoms with Crippen molar-refractivity contribution in [2.75, 3.05) is 39.5 Å². The lowest BCUT2D eigenvalue weighted by Crippen LogP contribution is -2.45. The summed E-state index contributed by atoms with van der Waals surface area (Å²) in [5.41, 5.74) is 0.611. The van der Waals surface area contributed by atoms with Crippen molar-refractivity contribution in [3.63, 3.8) is 0 Å². The Hall–Kier alpha value is -2.08. The van der Waals surface area contributed by atoms with Crippen molar-refractivity contribution in [3.05, 3.63) is 29.8 Å². The number of carbonyl (C=O) groups excluding carboxylic acids is 2. The Morgan fingerprint density at radius 2 is 1.82 bits per heavy atom. The maximum Gasteiger partial charge on any atom is 0.255 e. The number of likely N-dealkylation sites (tertiary alicyclic amines) is 1. The molecule has 2 amide bonds. The van der Waals surface area contributed by atoms with E-state index in [4.69, 9.17) is 9.47 Å². The van der Waals surface area contributed by atoms with Gasteiger partial charge in [0.25, 0.3) is 5.91 Å². The van der Waals surface area contributed by atoms with Gasteiger partial charge in [0.05, 0.1) is 18.8 Å². The van der Waals surface area contributed by atoms with E-state index in [1.165, 1.54) is 25.7 Å². The molecule has 2 aliphatic heterocycles. The molecule has 1 aromatic rings. The minimum absolute atomic E-state index is 0.0376. The van der Waals surface area contributed by atoms with Gasteiger partial charge in [0.1, 0.15) is 5.75 Å². The quantitative estimate of drug-likeness (QED) is 0.723. The number of hydrogen-bond acceptors (Lipinski definition) is 4. The Morgan fingerprint density at radius 1 is 1.03 bits per heavy atom. The van der Waals surface area contributed by atoms with E-state index in [0.717, 1.165) is 64.1 Å². The molecular formula is C27H40N2O4. The van der Waals surface area contributed by atoms with Crippen molar-refractivity contribution in [2.24, 2.45) is 11.3 Å². The van der Waals surface area contributed by atoms with Crippen molar-refractivity contribution in [2.45, 2.75) is 70.6 Å². The molecule has 0 bridgehead atoms. The molecule has 6 heteroatoms. The summed E-state index contributed by atoms with van der Waals surface area (Å²) in [5.74, 6) is 1.61. The van der Waals surface area contributed by atoms with Gasteiger partial charge in [0.15, 0.2) is 0 Å². The van der Waals surface area contributed by atoms with Crippen LogP contribution in [0.4, 0.5) is 0 Å². The third kappa shape index (κ3) is 6.72. The van der Waals surface area contributed by atoms with E-state index in [-0.39, 0.29) is 11.3 Å². The molecule has 33 heavy (non-hydrogen) atoms. The first-order valence-corrected chi connectivity index (χ1v) is 13.0. The second-order valence-corrected chi connectivity index (χ2v) is 10.2. The van der Waals surface area contributed by atoms with Crippen molar-refractivity contribution < 1.29 is 19.1 Å². The van der Waals surface area contributed by atoms with Crippen LogP contribution in [0.3, 0.4) is 0 Å². The van der Waals surface area contributed by atoms with Gasteiger partial charge in [-0.1, -0.05) is 44.2 Å². The van der Waals surface area contributed by atoms with Gasteiger partial charge in [-0.25, -0.2) is 0 Å². The Balaban J connectivity index is 1.37. The van der Waals surface area contributed by atoms with Gasteiger partial charge in [-0.15, -0.1) is 0 Å². The standard InChI is InChI=1S/C27H40N2O4/c30-25(12-11-22-7-1-2-8-22)29-17-14-27(15-18-29)13-5-6-19-32-20-16-28-26(31)23-9-3-4-10-24(23)33-21-27/h3-4,9-10,22H,1-2,5-8,11-21H2,(H,28,31). The Morgan fingerprint density at radius 3 is 2.64 bits per heavy atom. The van der Waals surface area contributed by atoms with E-state index in [9.17, 15) is 9.59 Å². The summed E-state index contributed by atoms with van der Waals surface area (Å²) in [7, 11) is 0. The number of nitrogens with zero attached hydrogens (tertiary/aromatic N) is 1. The van der Waals surface area contributed by atoms with Gasteiger partial charge in [0.2, 0.25) is 5.91 Å². The molecule has 2 fully saturated rings. The van der Waals surface area contributed by atoms with Crippen LogP contribution >= 0.6 is 0 Å². The number of hydrogen-bond donors (Lipinski definition) is 1. The summed E-state index contributed by atoms with van der Waals surface area (Å²) in [5, 5.41) is 2.93. The van der Waals surface area contributed by atoms with Crippen LogP contribution in [0.15, 0.2) is 24.3 Å². The number of nitrogens with one attached hydrogen (secondary N) is 1. The molecule has 1 saturated carbocycles. The predicted molar refractivity (Wildman–Crippen MR) is 128 cm³/mol. The number of amides is 2. The Labute approximate surface area is 198 Å². The molecule has 0 atom stereocenters. The van der Waals surface area contributed by atoms with Gasteiger partial charge in [-0.05, 0) is 50.2 Å². The predicted octanol–water partition coefficient (Wildman–Crippen LogP) is 4.57. The molecule has 2 heterocycles. The fourth-order valence-corrected chi connectivity index (χ4v) is 5.63. The largest absolute Gasteiger partial charge is 0.492 e. The lowest BCUT2D eigenvalue weighted by atomic mass is 9.75. The first kappa shape index (κ1) is 24.1. The summed E-state index contributed by atoms with van der Waals surface area (Å²) in [6.07, 6.45) is 12.1. The van der Waals surface area contributed by atoms with Crippen LogP contribution in [0.25, 0.3) is 0 Å². The molecule has 1 aliphatic carbocycles. The molecular weight excluding hydrogens is 416 g/mol. The van der Waals surface area contributed by atoms with Crippen LogP contribution < -0.4 is 10.1 Å². The summed E-state index contributed by atoms with van der Waals surface area (Å²) in [6.45, 7) is 3.95. The minimum atomic E-state index is -0.122. The van der Waals surface area contributed by atoms with E-state index in [1.807, 2.05) is 24.3 Å². The molecule has 1 aromatic carbocycles. The SMILES string of the molecule is O=C1NCCOCCCCC2(CCN(C(=O)CCC3CCCC3)CC2)COc2ccccc21. The highest BCUT2D eigenvalue weighted by atomic mass is 16.5. The first-order valence-electron chi connectivity index (χ1n) is 13.0. The summed E-state index contributed by atoms with van der Waals surface area (Å²) < 4.78 is 12.0. The molecule has 0 aromatic heterocycles. The first-order chi connectivity index (χ1) is 16.2. The lowest BCUT2D eigenvalue weighted by molar-refractivity contribution is -0.134. The van der Waals surface area contributed by atoms with Crippen LogP contribution in [-0.4, -0.2) is 56.2 Å². The fourth-order valence-electron chi connectivity index (χ4n) is 5.63. The molecule has 0 unspecified atom stereocenters. The van der Waals surface area contributed by atoms with Crippen LogP contribution in [-0.2, 0) is 9.53 Å². The van der Waals surface area contributed by atoms with Crippen molar-refractivity contribution in [1.29, 1.82) is 0 Å². The van der Waals surface area contributed by atoms with Crippen molar-refractivity contribution in [1.82, 2.24) is 10.2 Å². The van der Waals surface area contributed by atoms with E-state index in [2.05, 4.69) is 10.2 Å². The van der Waals surface area contributed by atoms with Gasteiger partial charge in [-0.3, -0.25) is 9.59 Å². The van der Waals surface area contributed by atoms with Crippen LogP contribution in [0.1, 0.15) is 81.0 Å². The number of piperidine rings is 1. The van der Waals surface area contributed by atoms with Gasteiger partial charge < -0.3 is 19.7 Å². The maximum atomic E-state index is 12.8. The van der Waals surface area contributed by atoms with Crippen LogP contribution in [0.5, 0.6) is 5.75 Å². The second-order valence-electron chi connectivity index (χ2n) is 10.2. The highest BCUT2D eigenvalue weighted by Gasteiger charge is 2.36. The maximum absolute atomic E-state index is 12.8. The Kier molecular flexibility index (Phi) is 8.65. The highest BCUT2D eigenvalue weighted by molar-refractivity contribution is 5.96. The Bertz CT molecular complexity index is 782. The summed E-state index contributed by atoms with van der Waals surface area (Å²) in [4.78, 5) is 27.5. The monoisotopic (exact) mass is 456 g/mol. The van der Waals surface area contributed by atoms with E-state index >= 15 is 0 Å². The molecule has 6 nitrogen and oxygen atoms in total. The smallest absolute Gasteiger partial charge is 0.255 e. The number of para-hydroxylation sites is 1. The van der Waals surface area contributed by atoms with Crippen LogP contribution in [0.2, 0.25) is 0 Å². The molecule has 0 radical (unpaired) electrons. The lowest BCUT2D eigenvalue weighted by Gasteiger charge is -2.42. The summed E-state index contributed by atoms with van der Waals surface area (Å²) in [6, 6.07) is 7.48. The van der Waals surface area contributed by atoms with Crippen molar-refractivity contribution >= 4 is 11.8 Å². The van der Waals surface area contributed by atoms with Gasteiger partial charge in [-0.2, -0.15) is 0 Å². The van der Waals surface area contributed by atoms with Gasteiger partial charge in [0, 0.05) is 38.1 Å². The highest BCUT2D eigenvalue weighted by Crippen LogP contribution is 2.38. The fraction of sp³-hybridized carbons (Fsp3) is 0.704. The molecule has 182 valence electrons. The van der Waals surface area contributed by atoms with Gasteiger partial charge >= 0.3 is 0 Å². The molecule has 1 spiro atoms. The number of fused-ring (bicyclic) bond motifs is 1. The zero-order valence-electron chi connectivity index (χ0n) is 20.0. The zero-order valence-corrected chi connectivity index (χ0v) is 20.0. The number of carbonyl (C=O) groups is 2. The van der Waals surface area contributed by atoms with E-state index < -0.39 is 0 Å². The topological polar surface area (TPSA) is 67.9 Å². The number of benzene rings is 1. The van der Waals surface area contributed by atoms with Crippen LogP contribution in [0, 0.1) is 11.3 Å². The average molecular weight is 457 g/mol. The third-order valence-corrected chi connectivity index (χ3v) is 7.86. The second kappa shape index (κ2) is 11.9.